The smallest absolute Gasteiger partial charge is 0.426 e. The number of nitrogens with two attached hydrogens (primary N) is 1. The van der Waals surface area contributed by atoms with Crippen LogP contribution in [-0.2, 0) is 0 Å². The fourth-order valence-corrected chi connectivity index (χ4v) is 0.482. The van der Waals surface area contributed by atoms with Crippen LogP contribution in [0, 0.1) is 0 Å². The Balaban J connectivity index is 3.17. The molecular weight excluding hydrogens is 105 g/mol. The maximum absolute atomic E-state index is 8.38. The summed E-state index contributed by atoms with van der Waals surface area (Å²) in [5.74, 6) is -0.472. The van der Waals surface area contributed by atoms with Gasteiger partial charge in [-0.1, -0.05) is 13.3 Å². The van der Waals surface area contributed by atoms with E-state index in [2.05, 4.69) is 0 Å². The summed E-state index contributed by atoms with van der Waals surface area (Å²) < 4.78 is 0. The van der Waals surface area contributed by atoms with E-state index in [4.69, 9.17) is 15.8 Å². The predicted molar refractivity (Wildman–Crippen MR) is 33.1 cm³/mol. The number of hydrogen-bond acceptors (Lipinski definition) is 3. The van der Waals surface area contributed by atoms with Gasteiger partial charge in [-0.2, -0.15) is 0 Å². The zero-order chi connectivity index (χ0) is 6.57. The van der Waals surface area contributed by atoms with Crippen molar-refractivity contribution in [3.8, 4) is 0 Å². The van der Waals surface area contributed by atoms with Gasteiger partial charge in [-0.3, -0.25) is 0 Å². The summed E-state index contributed by atoms with van der Waals surface area (Å²) in [6.45, 7) is 1.95. The highest BCUT2D eigenvalue weighted by molar-refractivity contribution is 6.43. The zero-order valence-corrected chi connectivity index (χ0v) is 5.04. The summed E-state index contributed by atoms with van der Waals surface area (Å²) in [5, 5.41) is 16.8. The number of rotatable bonds is 3. The van der Waals surface area contributed by atoms with E-state index >= 15 is 0 Å². The van der Waals surface area contributed by atoms with Gasteiger partial charge in [0, 0.05) is 5.94 Å². The molecule has 0 spiro atoms. The van der Waals surface area contributed by atoms with Crippen molar-refractivity contribution in [1.29, 1.82) is 0 Å². The third kappa shape index (κ3) is 3.01. The molecule has 0 aliphatic heterocycles. The lowest BCUT2D eigenvalue weighted by molar-refractivity contribution is 0.381. The fraction of sp³-hybridized carbons (Fsp3) is 1.00. The summed E-state index contributed by atoms with van der Waals surface area (Å²) in [6, 6.07) is 0. The van der Waals surface area contributed by atoms with Gasteiger partial charge in [0.2, 0.25) is 0 Å². The normalized spacial score (nSPS) is 13.5. The van der Waals surface area contributed by atoms with Crippen molar-refractivity contribution in [3.63, 3.8) is 0 Å². The lowest BCUT2D eigenvalue weighted by Crippen LogP contribution is -2.38. The first-order chi connectivity index (χ1) is 3.68. The molecule has 0 aliphatic rings. The molecule has 0 aromatic rings. The Morgan fingerprint density at radius 2 is 2.12 bits per heavy atom. The number of hydrogen-bond donors (Lipinski definition) is 3. The standard InChI is InChI=1S/C4H12BNO2/c1-2-3-4(6)5(7)8/h4,7-8H,2-3,6H2,1H3. The highest BCUT2D eigenvalue weighted by atomic mass is 16.4. The summed E-state index contributed by atoms with van der Waals surface area (Å²) in [6.07, 6.45) is 1.55. The van der Waals surface area contributed by atoms with Crippen LogP contribution in [0.4, 0.5) is 0 Å². The van der Waals surface area contributed by atoms with Crippen molar-refractivity contribution < 1.29 is 10.0 Å². The lowest BCUT2D eigenvalue weighted by atomic mass is 9.78. The predicted octanol–water partition coefficient (Wildman–Crippen LogP) is -0.874. The first kappa shape index (κ1) is 7.94. The Hall–Kier alpha value is -0.0551. The van der Waals surface area contributed by atoms with Crippen LogP contribution in [0.5, 0.6) is 0 Å². The fourth-order valence-electron chi connectivity index (χ4n) is 0.482. The second-order valence-corrected chi connectivity index (χ2v) is 1.87. The lowest BCUT2D eigenvalue weighted by Gasteiger charge is -2.05. The summed E-state index contributed by atoms with van der Waals surface area (Å²) in [7, 11) is -1.35. The molecule has 0 aliphatic carbocycles. The Bertz CT molecular complexity index is 60.0. The molecule has 48 valence electrons. The van der Waals surface area contributed by atoms with Crippen LogP contribution in [0.1, 0.15) is 19.8 Å². The van der Waals surface area contributed by atoms with Gasteiger partial charge in [-0.25, -0.2) is 0 Å². The second kappa shape index (κ2) is 3.89. The summed E-state index contributed by atoms with van der Waals surface area (Å²) in [4.78, 5) is 0. The third-order valence-corrected chi connectivity index (χ3v) is 1.00. The molecule has 0 saturated heterocycles. The van der Waals surface area contributed by atoms with Crippen molar-refractivity contribution in [3.05, 3.63) is 0 Å². The highest BCUT2D eigenvalue weighted by Crippen LogP contribution is 1.92. The van der Waals surface area contributed by atoms with Gasteiger partial charge in [0.05, 0.1) is 0 Å². The summed E-state index contributed by atoms with van der Waals surface area (Å²) >= 11 is 0. The van der Waals surface area contributed by atoms with Crippen LogP contribution in [0.15, 0.2) is 0 Å². The van der Waals surface area contributed by atoms with Gasteiger partial charge >= 0.3 is 7.12 Å². The average molecular weight is 117 g/mol. The Kier molecular flexibility index (Phi) is 3.86. The van der Waals surface area contributed by atoms with Gasteiger partial charge < -0.3 is 15.8 Å². The molecule has 0 heterocycles. The molecule has 0 saturated carbocycles. The van der Waals surface area contributed by atoms with E-state index in [9.17, 15) is 0 Å². The molecule has 8 heavy (non-hydrogen) atoms. The van der Waals surface area contributed by atoms with E-state index < -0.39 is 13.1 Å². The molecule has 0 amide bonds. The molecule has 3 nitrogen and oxygen atoms in total. The Labute approximate surface area is 49.7 Å². The quantitative estimate of drug-likeness (QED) is 0.420. The van der Waals surface area contributed by atoms with Crippen molar-refractivity contribution in [2.45, 2.75) is 25.7 Å². The molecule has 0 aromatic heterocycles. The molecule has 0 fully saturated rings. The minimum Gasteiger partial charge on any atom is -0.426 e. The minimum absolute atomic E-state index is 0.472. The molecule has 0 radical (unpaired) electrons. The Morgan fingerprint density at radius 1 is 1.62 bits per heavy atom. The van der Waals surface area contributed by atoms with Crippen LogP contribution in [0.25, 0.3) is 0 Å². The van der Waals surface area contributed by atoms with Crippen molar-refractivity contribution >= 4 is 7.12 Å². The minimum atomic E-state index is -1.35. The molecular formula is C4H12BNO2. The molecule has 4 heteroatoms. The first-order valence-electron chi connectivity index (χ1n) is 2.80. The van der Waals surface area contributed by atoms with Gasteiger partial charge in [-0.05, 0) is 6.42 Å². The molecule has 4 N–H and O–H groups in total. The molecule has 0 bridgehead atoms. The van der Waals surface area contributed by atoms with Gasteiger partial charge in [0.15, 0.2) is 0 Å². The maximum Gasteiger partial charge on any atom is 0.469 e. The largest absolute Gasteiger partial charge is 0.469 e. The maximum atomic E-state index is 8.38. The first-order valence-corrected chi connectivity index (χ1v) is 2.80. The van der Waals surface area contributed by atoms with Crippen molar-refractivity contribution in [2.24, 2.45) is 5.73 Å². The van der Waals surface area contributed by atoms with Crippen molar-refractivity contribution in [1.82, 2.24) is 0 Å². The van der Waals surface area contributed by atoms with Gasteiger partial charge in [0.25, 0.3) is 0 Å². The van der Waals surface area contributed by atoms with Crippen LogP contribution < -0.4 is 5.73 Å². The van der Waals surface area contributed by atoms with E-state index in [1.165, 1.54) is 0 Å². The molecule has 0 aromatic carbocycles. The monoisotopic (exact) mass is 117 g/mol. The second-order valence-electron chi connectivity index (χ2n) is 1.87. The highest BCUT2D eigenvalue weighted by Gasteiger charge is 2.16. The SMILES string of the molecule is CCCC(N)B(O)O. The Morgan fingerprint density at radius 3 is 2.25 bits per heavy atom. The van der Waals surface area contributed by atoms with Crippen molar-refractivity contribution in [2.75, 3.05) is 0 Å². The van der Waals surface area contributed by atoms with Crippen LogP contribution in [0.2, 0.25) is 0 Å². The third-order valence-electron chi connectivity index (χ3n) is 1.00. The van der Waals surface area contributed by atoms with E-state index in [1.54, 1.807) is 0 Å². The average Bonchev–Trinajstić information content (AvgIpc) is 1.67. The van der Waals surface area contributed by atoms with Crippen LogP contribution >= 0.6 is 0 Å². The van der Waals surface area contributed by atoms with E-state index in [-0.39, 0.29) is 0 Å². The van der Waals surface area contributed by atoms with E-state index in [0.29, 0.717) is 6.42 Å². The van der Waals surface area contributed by atoms with E-state index in [0.717, 1.165) is 6.42 Å². The van der Waals surface area contributed by atoms with Gasteiger partial charge in [-0.15, -0.1) is 0 Å². The topological polar surface area (TPSA) is 66.5 Å². The van der Waals surface area contributed by atoms with Gasteiger partial charge in [0.1, 0.15) is 0 Å². The van der Waals surface area contributed by atoms with E-state index in [1.807, 2.05) is 6.92 Å². The molecule has 0 rings (SSSR count). The summed E-state index contributed by atoms with van der Waals surface area (Å²) in [5.41, 5.74) is 5.23. The van der Waals surface area contributed by atoms with Crippen LogP contribution in [0.3, 0.4) is 0 Å². The van der Waals surface area contributed by atoms with Crippen LogP contribution in [-0.4, -0.2) is 23.1 Å². The molecule has 1 atom stereocenters. The zero-order valence-electron chi connectivity index (χ0n) is 5.04. The molecule has 1 unspecified atom stereocenters.